The third-order valence-corrected chi connectivity index (χ3v) is 3.55. The summed E-state index contributed by atoms with van der Waals surface area (Å²) in [5, 5.41) is 10.8. The van der Waals surface area contributed by atoms with E-state index in [4.69, 9.17) is 4.74 Å². The summed E-state index contributed by atoms with van der Waals surface area (Å²) >= 11 is 0. The highest BCUT2D eigenvalue weighted by molar-refractivity contribution is 5.44. The lowest BCUT2D eigenvalue weighted by Gasteiger charge is -2.27. The van der Waals surface area contributed by atoms with Crippen LogP contribution in [0.3, 0.4) is 0 Å². The fourth-order valence-corrected chi connectivity index (χ4v) is 2.60. The molecule has 2 aromatic rings. The van der Waals surface area contributed by atoms with Gasteiger partial charge in [0.25, 0.3) is 0 Å². The number of aliphatic hydroxyl groups is 1. The van der Waals surface area contributed by atoms with E-state index in [9.17, 15) is 9.50 Å². The van der Waals surface area contributed by atoms with Gasteiger partial charge in [-0.3, -0.25) is 0 Å². The van der Waals surface area contributed by atoms with Crippen LogP contribution < -0.4 is 4.74 Å². The molecule has 0 bridgehead atoms. The largest absolute Gasteiger partial charge is 0.497 e. The van der Waals surface area contributed by atoms with E-state index in [0.717, 1.165) is 11.1 Å². The summed E-state index contributed by atoms with van der Waals surface area (Å²) in [4.78, 5) is 0. The van der Waals surface area contributed by atoms with E-state index in [2.05, 4.69) is 0 Å². The minimum atomic E-state index is -1.41. The van der Waals surface area contributed by atoms with Gasteiger partial charge in [0.15, 0.2) is 0 Å². The second-order valence-corrected chi connectivity index (χ2v) is 5.24. The van der Waals surface area contributed by atoms with Crippen LogP contribution in [0.25, 0.3) is 0 Å². The average molecular weight is 274 g/mol. The molecule has 0 saturated carbocycles. The lowest BCUT2D eigenvalue weighted by atomic mass is 9.84. The second kappa shape index (κ2) is 5.25. The molecular formula is C17H19FO2. The van der Waals surface area contributed by atoms with Crippen molar-refractivity contribution in [1.82, 2.24) is 0 Å². The van der Waals surface area contributed by atoms with Gasteiger partial charge in [-0.05, 0) is 55.7 Å². The van der Waals surface area contributed by atoms with Crippen LogP contribution in [-0.4, -0.2) is 12.2 Å². The van der Waals surface area contributed by atoms with Gasteiger partial charge < -0.3 is 9.84 Å². The monoisotopic (exact) mass is 274 g/mol. The maximum atomic E-state index is 14.3. The molecular weight excluding hydrogens is 255 g/mol. The van der Waals surface area contributed by atoms with Gasteiger partial charge in [-0.25, -0.2) is 4.39 Å². The molecule has 1 N–H and O–H groups in total. The zero-order chi connectivity index (χ0) is 14.9. The van der Waals surface area contributed by atoms with Gasteiger partial charge in [-0.15, -0.1) is 0 Å². The predicted molar refractivity (Wildman–Crippen MR) is 77.5 cm³/mol. The van der Waals surface area contributed by atoms with Crippen molar-refractivity contribution >= 4 is 0 Å². The molecule has 2 aromatic carbocycles. The molecule has 106 valence electrons. The first-order valence-corrected chi connectivity index (χ1v) is 6.50. The Kier molecular flexibility index (Phi) is 3.82. The van der Waals surface area contributed by atoms with Crippen LogP contribution in [0.15, 0.2) is 36.4 Å². The molecule has 2 nitrogen and oxygen atoms in total. The number of ether oxygens (including phenoxy) is 1. The SMILES string of the molecule is COc1cccc(C(C)(O)c2c(C)cc(C)cc2F)c1. The highest BCUT2D eigenvalue weighted by atomic mass is 19.1. The van der Waals surface area contributed by atoms with Gasteiger partial charge in [-0.2, -0.15) is 0 Å². The van der Waals surface area contributed by atoms with Crippen molar-refractivity contribution in [2.75, 3.05) is 7.11 Å². The molecule has 1 unspecified atom stereocenters. The summed E-state index contributed by atoms with van der Waals surface area (Å²) in [5.41, 5.74) is 1.07. The van der Waals surface area contributed by atoms with Crippen LogP contribution in [0.5, 0.6) is 5.75 Å². The summed E-state index contributed by atoms with van der Waals surface area (Å²) in [6.45, 7) is 5.24. The number of benzene rings is 2. The van der Waals surface area contributed by atoms with Gasteiger partial charge in [0.05, 0.1) is 7.11 Å². The summed E-state index contributed by atoms with van der Waals surface area (Å²) in [6.07, 6.45) is 0. The molecule has 3 heteroatoms. The Morgan fingerprint density at radius 2 is 1.85 bits per heavy atom. The van der Waals surface area contributed by atoms with Crippen LogP contribution in [0.2, 0.25) is 0 Å². The topological polar surface area (TPSA) is 29.5 Å². The fourth-order valence-electron chi connectivity index (χ4n) is 2.60. The maximum absolute atomic E-state index is 14.3. The van der Waals surface area contributed by atoms with Crippen LogP contribution in [0.1, 0.15) is 29.2 Å². The normalized spacial score (nSPS) is 13.9. The first-order chi connectivity index (χ1) is 9.36. The molecule has 0 amide bonds. The Morgan fingerprint density at radius 3 is 2.45 bits per heavy atom. The van der Waals surface area contributed by atoms with Crippen molar-refractivity contribution in [3.05, 3.63) is 64.5 Å². The Morgan fingerprint density at radius 1 is 1.15 bits per heavy atom. The van der Waals surface area contributed by atoms with E-state index >= 15 is 0 Å². The number of hydrogen-bond acceptors (Lipinski definition) is 2. The standard InChI is InChI=1S/C17H19FO2/c1-11-8-12(2)16(15(18)9-11)17(3,19)13-6-5-7-14(10-13)20-4/h5-10,19H,1-4H3. The smallest absolute Gasteiger partial charge is 0.130 e. The van der Waals surface area contributed by atoms with Crippen molar-refractivity contribution in [1.29, 1.82) is 0 Å². The van der Waals surface area contributed by atoms with Crippen LogP contribution in [-0.2, 0) is 5.60 Å². The summed E-state index contributed by atoms with van der Waals surface area (Å²) < 4.78 is 19.4. The molecule has 0 radical (unpaired) electrons. The number of halogens is 1. The van der Waals surface area contributed by atoms with Gasteiger partial charge in [0, 0.05) is 5.56 Å². The number of methoxy groups -OCH3 is 1. The summed E-state index contributed by atoms with van der Waals surface area (Å²) in [7, 11) is 1.56. The molecule has 2 rings (SSSR count). The third-order valence-electron chi connectivity index (χ3n) is 3.55. The number of hydrogen-bond donors (Lipinski definition) is 1. The van der Waals surface area contributed by atoms with Crippen molar-refractivity contribution < 1.29 is 14.2 Å². The highest BCUT2D eigenvalue weighted by Gasteiger charge is 2.31. The number of rotatable bonds is 3. The van der Waals surface area contributed by atoms with Gasteiger partial charge in [-0.1, -0.05) is 18.2 Å². The van der Waals surface area contributed by atoms with E-state index in [1.54, 1.807) is 45.2 Å². The van der Waals surface area contributed by atoms with Gasteiger partial charge >= 0.3 is 0 Å². The maximum Gasteiger partial charge on any atom is 0.130 e. The van der Waals surface area contributed by atoms with E-state index in [1.807, 2.05) is 13.0 Å². The highest BCUT2D eigenvalue weighted by Crippen LogP contribution is 2.35. The zero-order valence-corrected chi connectivity index (χ0v) is 12.2. The molecule has 0 saturated heterocycles. The Bertz CT molecular complexity index is 610. The van der Waals surface area contributed by atoms with Crippen molar-refractivity contribution in [2.24, 2.45) is 0 Å². The summed E-state index contributed by atoms with van der Waals surface area (Å²) in [5.74, 6) is 0.239. The van der Waals surface area contributed by atoms with Crippen LogP contribution >= 0.6 is 0 Å². The third kappa shape index (κ3) is 2.54. The average Bonchev–Trinajstić information content (AvgIpc) is 2.37. The molecule has 1 atom stereocenters. The minimum Gasteiger partial charge on any atom is -0.497 e. The predicted octanol–water partition coefficient (Wildman–Crippen LogP) is 3.71. The van der Waals surface area contributed by atoms with Gasteiger partial charge in [0.2, 0.25) is 0 Å². The molecule has 0 aliphatic heterocycles. The molecule has 0 spiro atoms. The first-order valence-electron chi connectivity index (χ1n) is 6.50. The Balaban J connectivity index is 2.60. The van der Waals surface area contributed by atoms with E-state index in [0.29, 0.717) is 16.9 Å². The Labute approximate surface area is 118 Å². The van der Waals surface area contributed by atoms with Gasteiger partial charge in [0.1, 0.15) is 17.2 Å². The molecule has 20 heavy (non-hydrogen) atoms. The van der Waals surface area contributed by atoms with Crippen molar-refractivity contribution in [3.8, 4) is 5.75 Å². The van der Waals surface area contributed by atoms with Crippen LogP contribution in [0, 0.1) is 19.7 Å². The molecule has 0 fully saturated rings. The first kappa shape index (κ1) is 14.5. The minimum absolute atomic E-state index is 0.302. The van der Waals surface area contributed by atoms with Crippen molar-refractivity contribution in [3.63, 3.8) is 0 Å². The molecule has 0 heterocycles. The summed E-state index contributed by atoms with van der Waals surface area (Å²) in [6, 6.07) is 10.4. The van der Waals surface area contributed by atoms with E-state index < -0.39 is 11.4 Å². The quantitative estimate of drug-likeness (QED) is 0.924. The van der Waals surface area contributed by atoms with E-state index in [1.165, 1.54) is 6.07 Å². The fraction of sp³-hybridized carbons (Fsp3) is 0.294. The zero-order valence-electron chi connectivity index (χ0n) is 12.2. The lowest BCUT2D eigenvalue weighted by Crippen LogP contribution is -2.25. The van der Waals surface area contributed by atoms with Crippen LogP contribution in [0.4, 0.5) is 4.39 Å². The molecule has 0 aromatic heterocycles. The lowest BCUT2D eigenvalue weighted by molar-refractivity contribution is 0.0969. The van der Waals surface area contributed by atoms with Crippen molar-refractivity contribution in [2.45, 2.75) is 26.4 Å². The number of aryl methyl sites for hydroxylation is 2. The Hall–Kier alpha value is -1.87. The van der Waals surface area contributed by atoms with E-state index in [-0.39, 0.29) is 0 Å². The molecule has 0 aliphatic carbocycles. The molecule has 0 aliphatic rings. The second-order valence-electron chi connectivity index (χ2n) is 5.24.